The summed E-state index contributed by atoms with van der Waals surface area (Å²) in [5, 5.41) is 8.55. The molecule has 0 saturated carbocycles. The number of carbonyl (C=O) groups is 2. The Bertz CT molecular complexity index is 635. The fraction of sp³-hybridized carbons (Fsp3) is 0.579. The SMILES string of the molecule is CC(C)C(NC(=O)c1c(F)cccc1F)C(=O)NCCCN1CCNCC1.Cl. The number of rotatable bonds is 8. The van der Waals surface area contributed by atoms with Gasteiger partial charge in [0.15, 0.2) is 0 Å². The first-order chi connectivity index (χ1) is 12.9. The summed E-state index contributed by atoms with van der Waals surface area (Å²) in [7, 11) is 0. The Morgan fingerprint density at radius 2 is 1.79 bits per heavy atom. The molecule has 0 aromatic heterocycles. The molecular formula is C19H29ClF2N4O2. The average Bonchev–Trinajstić information content (AvgIpc) is 2.63. The van der Waals surface area contributed by atoms with Crippen molar-refractivity contribution < 1.29 is 18.4 Å². The number of carbonyl (C=O) groups excluding carboxylic acids is 2. The fourth-order valence-electron chi connectivity index (χ4n) is 3.02. The summed E-state index contributed by atoms with van der Waals surface area (Å²) >= 11 is 0. The van der Waals surface area contributed by atoms with Crippen molar-refractivity contribution in [1.29, 1.82) is 0 Å². The molecular weight excluding hydrogens is 390 g/mol. The van der Waals surface area contributed by atoms with Crippen LogP contribution in [0.5, 0.6) is 0 Å². The lowest BCUT2D eigenvalue weighted by atomic mass is 10.0. The lowest BCUT2D eigenvalue weighted by molar-refractivity contribution is -0.123. The molecule has 1 saturated heterocycles. The first-order valence-corrected chi connectivity index (χ1v) is 9.35. The largest absolute Gasteiger partial charge is 0.354 e. The highest BCUT2D eigenvalue weighted by molar-refractivity contribution is 5.98. The van der Waals surface area contributed by atoms with Crippen molar-refractivity contribution in [3.8, 4) is 0 Å². The zero-order chi connectivity index (χ0) is 19.8. The number of benzene rings is 1. The zero-order valence-corrected chi connectivity index (χ0v) is 17.1. The number of piperazine rings is 1. The average molecular weight is 419 g/mol. The van der Waals surface area contributed by atoms with Gasteiger partial charge in [-0.15, -0.1) is 12.4 Å². The number of hydrogen-bond donors (Lipinski definition) is 3. The van der Waals surface area contributed by atoms with E-state index in [1.54, 1.807) is 13.8 Å². The Hall–Kier alpha value is -1.77. The molecule has 158 valence electrons. The lowest BCUT2D eigenvalue weighted by Crippen LogP contribution is -2.50. The standard InChI is InChI=1S/C19H28F2N4O2.ClH/c1-13(2)17(24-18(26)16-14(20)5-3-6-15(16)21)19(27)23-7-4-10-25-11-8-22-9-12-25;/h3,5-6,13,17,22H,4,7-12H2,1-2H3,(H,23,27)(H,24,26);1H. The third kappa shape index (κ3) is 7.00. The van der Waals surface area contributed by atoms with E-state index in [0.717, 1.165) is 51.3 Å². The molecule has 1 heterocycles. The second-order valence-electron chi connectivity index (χ2n) is 7.03. The second-order valence-corrected chi connectivity index (χ2v) is 7.03. The molecule has 2 rings (SSSR count). The number of nitrogens with zero attached hydrogens (tertiary/aromatic N) is 1. The fourth-order valence-corrected chi connectivity index (χ4v) is 3.02. The maximum atomic E-state index is 13.8. The molecule has 1 aromatic carbocycles. The smallest absolute Gasteiger partial charge is 0.257 e. The van der Waals surface area contributed by atoms with Gasteiger partial charge >= 0.3 is 0 Å². The van der Waals surface area contributed by atoms with Crippen molar-refractivity contribution in [3.63, 3.8) is 0 Å². The van der Waals surface area contributed by atoms with Crippen molar-refractivity contribution >= 4 is 24.2 Å². The van der Waals surface area contributed by atoms with Gasteiger partial charge in [-0.1, -0.05) is 19.9 Å². The molecule has 1 atom stereocenters. The summed E-state index contributed by atoms with van der Waals surface area (Å²) in [6.07, 6.45) is 0.798. The maximum Gasteiger partial charge on any atom is 0.257 e. The van der Waals surface area contributed by atoms with Gasteiger partial charge < -0.3 is 20.9 Å². The van der Waals surface area contributed by atoms with E-state index in [4.69, 9.17) is 0 Å². The Morgan fingerprint density at radius 3 is 2.36 bits per heavy atom. The van der Waals surface area contributed by atoms with Crippen LogP contribution in [-0.4, -0.2) is 62.0 Å². The summed E-state index contributed by atoms with van der Waals surface area (Å²) in [5.74, 6) is -3.41. The number of halogens is 3. The van der Waals surface area contributed by atoms with Gasteiger partial charge in [0.05, 0.1) is 0 Å². The van der Waals surface area contributed by atoms with Crippen LogP contribution < -0.4 is 16.0 Å². The van der Waals surface area contributed by atoms with Gasteiger partial charge in [-0.25, -0.2) is 8.78 Å². The maximum absolute atomic E-state index is 13.8. The zero-order valence-electron chi connectivity index (χ0n) is 16.3. The second kappa shape index (κ2) is 11.9. The van der Waals surface area contributed by atoms with Crippen LogP contribution in [0.3, 0.4) is 0 Å². The summed E-state index contributed by atoms with van der Waals surface area (Å²) in [4.78, 5) is 27.0. The summed E-state index contributed by atoms with van der Waals surface area (Å²) < 4.78 is 27.5. The normalized spacial score (nSPS) is 15.6. The number of amides is 2. The van der Waals surface area contributed by atoms with Crippen molar-refractivity contribution in [2.45, 2.75) is 26.3 Å². The van der Waals surface area contributed by atoms with E-state index in [-0.39, 0.29) is 24.2 Å². The molecule has 1 aliphatic heterocycles. The predicted octanol–water partition coefficient (Wildman–Crippen LogP) is 1.55. The highest BCUT2D eigenvalue weighted by Crippen LogP contribution is 2.13. The Morgan fingerprint density at radius 1 is 1.18 bits per heavy atom. The van der Waals surface area contributed by atoms with Gasteiger partial charge in [0.1, 0.15) is 23.2 Å². The first kappa shape index (κ1) is 24.3. The van der Waals surface area contributed by atoms with E-state index in [9.17, 15) is 18.4 Å². The molecule has 6 nitrogen and oxygen atoms in total. The molecule has 0 spiro atoms. The van der Waals surface area contributed by atoms with Crippen LogP contribution in [-0.2, 0) is 4.79 Å². The van der Waals surface area contributed by atoms with Crippen LogP contribution >= 0.6 is 12.4 Å². The third-order valence-corrected chi connectivity index (χ3v) is 4.59. The van der Waals surface area contributed by atoms with E-state index in [0.29, 0.717) is 6.54 Å². The van der Waals surface area contributed by atoms with Gasteiger partial charge in [0, 0.05) is 32.7 Å². The van der Waals surface area contributed by atoms with E-state index in [1.807, 2.05) is 0 Å². The Balaban J connectivity index is 0.00000392. The molecule has 1 aromatic rings. The van der Waals surface area contributed by atoms with E-state index in [1.165, 1.54) is 6.07 Å². The minimum atomic E-state index is -0.952. The minimum absolute atomic E-state index is 0. The van der Waals surface area contributed by atoms with Gasteiger partial charge in [0.25, 0.3) is 5.91 Å². The van der Waals surface area contributed by atoms with Crippen LogP contribution in [0.2, 0.25) is 0 Å². The van der Waals surface area contributed by atoms with Crippen molar-refractivity contribution in [1.82, 2.24) is 20.9 Å². The van der Waals surface area contributed by atoms with E-state index < -0.39 is 29.1 Å². The van der Waals surface area contributed by atoms with E-state index in [2.05, 4.69) is 20.9 Å². The van der Waals surface area contributed by atoms with Crippen LogP contribution in [0.25, 0.3) is 0 Å². The molecule has 28 heavy (non-hydrogen) atoms. The van der Waals surface area contributed by atoms with Crippen LogP contribution in [0.1, 0.15) is 30.6 Å². The number of nitrogens with one attached hydrogen (secondary N) is 3. The summed E-state index contributed by atoms with van der Waals surface area (Å²) in [5.41, 5.74) is -0.672. The molecule has 0 aliphatic carbocycles. The Labute approximate surface area is 170 Å². The van der Waals surface area contributed by atoms with Gasteiger partial charge in [-0.3, -0.25) is 9.59 Å². The van der Waals surface area contributed by atoms with Gasteiger partial charge in [-0.2, -0.15) is 0 Å². The predicted molar refractivity (Wildman–Crippen MR) is 107 cm³/mol. The monoisotopic (exact) mass is 418 g/mol. The molecule has 1 fully saturated rings. The summed E-state index contributed by atoms with van der Waals surface area (Å²) in [6, 6.07) is 2.35. The molecule has 2 amide bonds. The topological polar surface area (TPSA) is 73.5 Å². The van der Waals surface area contributed by atoms with Crippen molar-refractivity contribution in [3.05, 3.63) is 35.4 Å². The van der Waals surface area contributed by atoms with Crippen LogP contribution in [0, 0.1) is 17.6 Å². The van der Waals surface area contributed by atoms with Crippen molar-refractivity contribution in [2.75, 3.05) is 39.3 Å². The number of hydrogen-bond acceptors (Lipinski definition) is 4. The molecule has 1 aliphatic rings. The Kier molecular flexibility index (Phi) is 10.3. The highest BCUT2D eigenvalue weighted by Gasteiger charge is 2.27. The molecule has 9 heteroatoms. The van der Waals surface area contributed by atoms with Crippen LogP contribution in [0.15, 0.2) is 18.2 Å². The lowest BCUT2D eigenvalue weighted by Gasteiger charge is -2.27. The van der Waals surface area contributed by atoms with Gasteiger partial charge in [0.2, 0.25) is 5.91 Å². The molecule has 3 N–H and O–H groups in total. The van der Waals surface area contributed by atoms with Gasteiger partial charge in [-0.05, 0) is 31.0 Å². The molecule has 0 radical (unpaired) electrons. The third-order valence-electron chi connectivity index (χ3n) is 4.59. The quantitative estimate of drug-likeness (QED) is 0.560. The van der Waals surface area contributed by atoms with Crippen molar-refractivity contribution in [2.24, 2.45) is 5.92 Å². The molecule has 0 bridgehead atoms. The summed E-state index contributed by atoms with van der Waals surface area (Å²) in [6.45, 7) is 8.84. The minimum Gasteiger partial charge on any atom is -0.354 e. The van der Waals surface area contributed by atoms with Crippen LogP contribution in [0.4, 0.5) is 8.78 Å². The highest BCUT2D eigenvalue weighted by atomic mass is 35.5. The van der Waals surface area contributed by atoms with E-state index >= 15 is 0 Å². The first-order valence-electron chi connectivity index (χ1n) is 9.35. The molecule has 1 unspecified atom stereocenters.